The second-order valence-corrected chi connectivity index (χ2v) is 6.84. The minimum atomic E-state index is -0.765. The molecule has 4 N–H and O–H groups in total. The molecule has 0 fully saturated rings. The Morgan fingerprint density at radius 3 is 2.52 bits per heavy atom. The van der Waals surface area contributed by atoms with E-state index in [0.29, 0.717) is 17.1 Å². The first kappa shape index (κ1) is 21.8. The minimum absolute atomic E-state index is 0.0249. The topological polar surface area (TPSA) is 140 Å². The summed E-state index contributed by atoms with van der Waals surface area (Å²) in [5, 5.41) is 2.62. The number of esters is 1. The number of amides is 2. The van der Waals surface area contributed by atoms with E-state index in [0.717, 1.165) is 18.4 Å². The van der Waals surface area contributed by atoms with Gasteiger partial charge in [-0.25, -0.2) is 9.78 Å². The fraction of sp³-hybridized carbons (Fsp3) is 0.273. The van der Waals surface area contributed by atoms with Gasteiger partial charge in [-0.1, -0.05) is 25.5 Å². The molecule has 1 aromatic carbocycles. The van der Waals surface area contributed by atoms with E-state index in [9.17, 15) is 14.4 Å². The highest BCUT2D eigenvalue weighted by atomic mass is 16.5. The Labute approximate surface area is 179 Å². The summed E-state index contributed by atoms with van der Waals surface area (Å²) in [7, 11) is 0. The van der Waals surface area contributed by atoms with Crippen molar-refractivity contribution in [2.75, 3.05) is 11.9 Å². The van der Waals surface area contributed by atoms with E-state index >= 15 is 0 Å². The molecule has 0 saturated heterocycles. The number of carbonyl (C=O) groups excluding carboxylic acids is 3. The third-order valence-electron chi connectivity index (χ3n) is 4.47. The predicted molar refractivity (Wildman–Crippen MR) is 113 cm³/mol. The van der Waals surface area contributed by atoms with Gasteiger partial charge in [0.15, 0.2) is 5.82 Å². The SMILES string of the molecule is CCCc1ccc(C(=O)Nc2nc(Cc3ccc(C(=O)OCC)o3)[nH]c2C(N)=O)cc1. The molecule has 9 nitrogen and oxygen atoms in total. The number of nitrogens with one attached hydrogen (secondary N) is 2. The molecule has 162 valence electrons. The maximum atomic E-state index is 12.6. The Kier molecular flexibility index (Phi) is 6.86. The van der Waals surface area contributed by atoms with Crippen molar-refractivity contribution in [1.29, 1.82) is 0 Å². The van der Waals surface area contributed by atoms with Gasteiger partial charge in [0.2, 0.25) is 5.76 Å². The van der Waals surface area contributed by atoms with E-state index < -0.39 is 17.8 Å². The number of hydrogen-bond donors (Lipinski definition) is 3. The van der Waals surface area contributed by atoms with Crippen LogP contribution in [0.15, 0.2) is 40.8 Å². The van der Waals surface area contributed by atoms with Gasteiger partial charge in [0.25, 0.3) is 11.8 Å². The lowest BCUT2D eigenvalue weighted by Gasteiger charge is -2.05. The number of nitrogens with zero attached hydrogens (tertiary/aromatic N) is 1. The normalized spacial score (nSPS) is 10.6. The van der Waals surface area contributed by atoms with E-state index in [1.165, 1.54) is 6.07 Å². The zero-order valence-corrected chi connectivity index (χ0v) is 17.4. The van der Waals surface area contributed by atoms with Crippen LogP contribution in [0.25, 0.3) is 0 Å². The fourth-order valence-electron chi connectivity index (χ4n) is 3.02. The third-order valence-corrected chi connectivity index (χ3v) is 4.47. The van der Waals surface area contributed by atoms with Crippen LogP contribution in [0.5, 0.6) is 0 Å². The standard InChI is InChI=1S/C22H24N4O5/c1-3-5-13-6-8-14(9-7-13)21(28)26-20-18(19(23)27)24-17(25-20)12-15-10-11-16(31-15)22(29)30-4-2/h6-11H,3-5,12H2,1-2H3,(H2,23,27)(H,24,25)(H,26,28). The highest BCUT2D eigenvalue weighted by molar-refractivity contribution is 6.07. The van der Waals surface area contributed by atoms with Crippen molar-refractivity contribution in [2.24, 2.45) is 5.73 Å². The Bertz CT molecular complexity index is 1080. The average molecular weight is 424 g/mol. The Morgan fingerprint density at radius 2 is 1.87 bits per heavy atom. The van der Waals surface area contributed by atoms with Crippen LogP contribution in [-0.2, 0) is 17.6 Å². The van der Waals surface area contributed by atoms with Crippen molar-refractivity contribution in [3.05, 3.63) is 70.6 Å². The zero-order chi connectivity index (χ0) is 22.4. The number of rotatable bonds is 9. The van der Waals surface area contributed by atoms with Gasteiger partial charge in [-0.15, -0.1) is 0 Å². The van der Waals surface area contributed by atoms with Crippen LogP contribution in [0.4, 0.5) is 5.82 Å². The first-order chi connectivity index (χ1) is 14.9. The number of benzene rings is 1. The van der Waals surface area contributed by atoms with Crippen molar-refractivity contribution in [1.82, 2.24) is 9.97 Å². The van der Waals surface area contributed by atoms with Gasteiger partial charge in [0.1, 0.15) is 17.3 Å². The van der Waals surface area contributed by atoms with Crippen molar-refractivity contribution in [2.45, 2.75) is 33.1 Å². The number of furan rings is 1. The van der Waals surface area contributed by atoms with Crippen molar-refractivity contribution in [3.8, 4) is 0 Å². The fourth-order valence-corrected chi connectivity index (χ4v) is 3.02. The summed E-state index contributed by atoms with van der Waals surface area (Å²) in [6, 6.07) is 10.3. The lowest BCUT2D eigenvalue weighted by molar-refractivity contribution is 0.0488. The number of nitrogens with two attached hydrogens (primary N) is 1. The van der Waals surface area contributed by atoms with Gasteiger partial charge in [-0.05, 0) is 43.2 Å². The highest BCUT2D eigenvalue weighted by Crippen LogP contribution is 2.18. The molecule has 0 radical (unpaired) electrons. The smallest absolute Gasteiger partial charge is 0.374 e. The molecular weight excluding hydrogens is 400 g/mol. The number of anilines is 1. The molecule has 3 aromatic rings. The summed E-state index contributed by atoms with van der Waals surface area (Å²) in [5.74, 6) is -0.876. The lowest BCUT2D eigenvalue weighted by atomic mass is 10.1. The molecule has 0 atom stereocenters. The maximum absolute atomic E-state index is 12.6. The molecule has 0 bridgehead atoms. The summed E-state index contributed by atoms with van der Waals surface area (Å²) < 4.78 is 10.3. The molecule has 0 aliphatic rings. The molecule has 2 aromatic heterocycles. The van der Waals surface area contributed by atoms with Gasteiger partial charge in [-0.2, -0.15) is 0 Å². The Balaban J connectivity index is 1.75. The van der Waals surface area contributed by atoms with Crippen molar-refractivity contribution in [3.63, 3.8) is 0 Å². The number of primary amides is 1. The van der Waals surface area contributed by atoms with Gasteiger partial charge in [0, 0.05) is 5.56 Å². The number of imidazole rings is 1. The molecule has 0 unspecified atom stereocenters. The van der Waals surface area contributed by atoms with Crippen LogP contribution >= 0.6 is 0 Å². The van der Waals surface area contributed by atoms with Crippen LogP contribution in [-0.4, -0.2) is 34.4 Å². The molecule has 2 heterocycles. The molecule has 0 aliphatic heterocycles. The molecule has 2 amide bonds. The number of carbonyl (C=O) groups is 3. The number of aromatic amines is 1. The van der Waals surface area contributed by atoms with Gasteiger partial charge >= 0.3 is 5.97 Å². The van der Waals surface area contributed by atoms with E-state index in [4.69, 9.17) is 14.9 Å². The van der Waals surface area contributed by atoms with E-state index in [1.54, 1.807) is 25.1 Å². The molecule has 0 spiro atoms. The van der Waals surface area contributed by atoms with Crippen LogP contribution in [0.2, 0.25) is 0 Å². The molecule has 31 heavy (non-hydrogen) atoms. The molecule has 0 saturated carbocycles. The van der Waals surface area contributed by atoms with Crippen LogP contribution < -0.4 is 11.1 Å². The first-order valence-electron chi connectivity index (χ1n) is 9.96. The molecule has 0 aliphatic carbocycles. The lowest BCUT2D eigenvalue weighted by Crippen LogP contribution is -2.18. The summed E-state index contributed by atoms with van der Waals surface area (Å²) in [6.45, 7) is 4.02. The second kappa shape index (κ2) is 9.75. The zero-order valence-electron chi connectivity index (χ0n) is 17.4. The monoisotopic (exact) mass is 424 g/mol. The minimum Gasteiger partial charge on any atom is -0.460 e. The first-order valence-corrected chi connectivity index (χ1v) is 9.96. The average Bonchev–Trinajstić information content (AvgIpc) is 3.36. The van der Waals surface area contributed by atoms with E-state index in [-0.39, 0.29) is 30.3 Å². The number of aromatic nitrogens is 2. The quantitative estimate of drug-likeness (QED) is 0.451. The summed E-state index contributed by atoms with van der Waals surface area (Å²) in [6.07, 6.45) is 2.10. The van der Waals surface area contributed by atoms with Crippen LogP contribution in [0.1, 0.15) is 68.8 Å². The summed E-state index contributed by atoms with van der Waals surface area (Å²) in [5.41, 5.74) is 6.97. The molecular formula is C22H24N4O5. The predicted octanol–water partition coefficient (Wildman–Crippen LogP) is 3.07. The largest absolute Gasteiger partial charge is 0.460 e. The summed E-state index contributed by atoms with van der Waals surface area (Å²) >= 11 is 0. The highest BCUT2D eigenvalue weighted by Gasteiger charge is 2.19. The number of aryl methyl sites for hydroxylation is 1. The molecule has 3 rings (SSSR count). The van der Waals surface area contributed by atoms with Crippen LogP contribution in [0, 0.1) is 0 Å². The number of hydrogen-bond acceptors (Lipinski definition) is 6. The second-order valence-electron chi connectivity index (χ2n) is 6.84. The van der Waals surface area contributed by atoms with E-state index in [1.807, 2.05) is 12.1 Å². The van der Waals surface area contributed by atoms with Gasteiger partial charge in [-0.3, -0.25) is 9.59 Å². The third kappa shape index (κ3) is 5.39. The molecule has 9 heteroatoms. The van der Waals surface area contributed by atoms with E-state index in [2.05, 4.69) is 22.2 Å². The Hall–Kier alpha value is -3.88. The van der Waals surface area contributed by atoms with Crippen molar-refractivity contribution >= 4 is 23.6 Å². The Morgan fingerprint density at radius 1 is 1.13 bits per heavy atom. The van der Waals surface area contributed by atoms with Gasteiger partial charge < -0.3 is 25.2 Å². The van der Waals surface area contributed by atoms with Crippen molar-refractivity contribution < 1.29 is 23.5 Å². The maximum Gasteiger partial charge on any atom is 0.374 e. The van der Waals surface area contributed by atoms with Crippen LogP contribution in [0.3, 0.4) is 0 Å². The summed E-state index contributed by atoms with van der Waals surface area (Å²) in [4.78, 5) is 43.2. The number of H-pyrrole nitrogens is 1. The number of ether oxygens (including phenoxy) is 1. The van der Waals surface area contributed by atoms with Gasteiger partial charge in [0.05, 0.1) is 13.0 Å².